The normalized spacial score (nSPS) is 10.8. The third-order valence-corrected chi connectivity index (χ3v) is 2.95. The Kier molecular flexibility index (Phi) is 3.35. The monoisotopic (exact) mass is 285 g/mol. The lowest BCUT2D eigenvalue weighted by Gasteiger charge is -2.03. The zero-order valence-electron chi connectivity index (χ0n) is 11.3. The minimum atomic E-state index is -0.432. The zero-order chi connectivity index (χ0) is 14.8. The quantitative estimate of drug-likeness (QED) is 0.751. The number of nitrogens with zero attached hydrogens (tertiary/aromatic N) is 2. The number of hydrogen-bond donors (Lipinski definition) is 1. The molecule has 2 heterocycles. The molecule has 0 fully saturated rings. The van der Waals surface area contributed by atoms with Gasteiger partial charge in [0.1, 0.15) is 11.6 Å². The van der Waals surface area contributed by atoms with Crippen molar-refractivity contribution in [3.63, 3.8) is 0 Å². The van der Waals surface area contributed by atoms with Crippen LogP contribution in [0.4, 0.5) is 4.39 Å². The molecule has 0 unspecified atom stereocenters. The van der Waals surface area contributed by atoms with Crippen molar-refractivity contribution in [1.82, 2.24) is 15.0 Å². The van der Waals surface area contributed by atoms with E-state index in [1.807, 2.05) is 0 Å². The van der Waals surface area contributed by atoms with Gasteiger partial charge in [0.25, 0.3) is 0 Å². The first kappa shape index (κ1) is 13.2. The highest BCUT2D eigenvalue weighted by molar-refractivity contribution is 5.91. The summed E-state index contributed by atoms with van der Waals surface area (Å²) in [5.41, 5.74) is 2.08. The van der Waals surface area contributed by atoms with Gasteiger partial charge >= 0.3 is 5.97 Å². The first-order chi connectivity index (χ1) is 10.2. The molecule has 3 rings (SSSR count). The van der Waals surface area contributed by atoms with Crippen LogP contribution in [0.25, 0.3) is 22.6 Å². The van der Waals surface area contributed by atoms with Gasteiger partial charge in [-0.1, -0.05) is 12.1 Å². The summed E-state index contributed by atoms with van der Waals surface area (Å²) in [5.74, 6) is -0.299. The third kappa shape index (κ3) is 2.60. The fraction of sp³-hybridized carbons (Fsp3) is 0.133. The van der Waals surface area contributed by atoms with Gasteiger partial charge in [0.05, 0.1) is 23.9 Å². The smallest absolute Gasteiger partial charge is 0.338 e. The van der Waals surface area contributed by atoms with Crippen molar-refractivity contribution in [1.29, 1.82) is 0 Å². The SMILES string of the molecule is CCOC(=O)c1cccc(-c2nc3ncc(F)cc3[nH]2)c1. The lowest BCUT2D eigenvalue weighted by atomic mass is 10.1. The first-order valence-corrected chi connectivity index (χ1v) is 6.46. The second-order valence-corrected chi connectivity index (χ2v) is 4.41. The molecule has 0 bridgehead atoms. The lowest BCUT2D eigenvalue weighted by molar-refractivity contribution is 0.0526. The average molecular weight is 285 g/mol. The molecule has 0 atom stereocenters. The van der Waals surface area contributed by atoms with Crippen molar-refractivity contribution < 1.29 is 13.9 Å². The number of esters is 1. The van der Waals surface area contributed by atoms with Crippen molar-refractivity contribution >= 4 is 17.1 Å². The van der Waals surface area contributed by atoms with Gasteiger partial charge in [-0.3, -0.25) is 0 Å². The number of carbonyl (C=O) groups is 1. The number of imidazole rings is 1. The van der Waals surface area contributed by atoms with Crippen molar-refractivity contribution in [2.45, 2.75) is 6.92 Å². The Hall–Kier alpha value is -2.76. The standard InChI is InChI=1S/C15H12FN3O2/c1-2-21-15(20)10-5-3-4-9(6-10)13-18-12-7-11(16)8-17-14(12)19-13/h3-8H,2H2,1H3,(H,17,18,19). The number of benzene rings is 1. The van der Waals surface area contributed by atoms with Gasteiger partial charge in [-0.25, -0.2) is 19.2 Å². The summed E-state index contributed by atoms with van der Waals surface area (Å²) in [6, 6.07) is 8.21. The Morgan fingerprint density at radius 2 is 2.24 bits per heavy atom. The average Bonchev–Trinajstić information content (AvgIpc) is 2.90. The zero-order valence-corrected chi connectivity index (χ0v) is 11.3. The van der Waals surface area contributed by atoms with Crippen LogP contribution in [-0.4, -0.2) is 27.5 Å². The summed E-state index contributed by atoms with van der Waals surface area (Å²) >= 11 is 0. The van der Waals surface area contributed by atoms with E-state index in [-0.39, 0.29) is 5.97 Å². The minimum Gasteiger partial charge on any atom is -0.462 e. The fourth-order valence-electron chi connectivity index (χ4n) is 2.02. The van der Waals surface area contributed by atoms with Crippen LogP contribution in [0.1, 0.15) is 17.3 Å². The summed E-state index contributed by atoms with van der Waals surface area (Å²) in [4.78, 5) is 22.9. The fourth-order valence-corrected chi connectivity index (χ4v) is 2.02. The van der Waals surface area contributed by atoms with Crippen molar-refractivity contribution in [3.05, 3.63) is 47.9 Å². The molecule has 6 heteroatoms. The Bertz CT molecular complexity index is 814. The molecule has 0 radical (unpaired) electrons. The van der Waals surface area contributed by atoms with Gasteiger partial charge in [0, 0.05) is 11.6 Å². The van der Waals surface area contributed by atoms with Crippen molar-refractivity contribution in [2.24, 2.45) is 0 Å². The van der Waals surface area contributed by atoms with Gasteiger partial charge in [0.15, 0.2) is 5.65 Å². The highest BCUT2D eigenvalue weighted by Crippen LogP contribution is 2.21. The number of hydrogen-bond acceptors (Lipinski definition) is 4. The Balaban J connectivity index is 2.02. The van der Waals surface area contributed by atoms with Crippen LogP contribution in [0.3, 0.4) is 0 Å². The number of nitrogens with one attached hydrogen (secondary N) is 1. The van der Waals surface area contributed by atoms with Crippen LogP contribution < -0.4 is 0 Å². The predicted molar refractivity (Wildman–Crippen MR) is 75.2 cm³/mol. The van der Waals surface area contributed by atoms with Gasteiger partial charge in [-0.15, -0.1) is 0 Å². The Labute approximate surface area is 119 Å². The summed E-state index contributed by atoms with van der Waals surface area (Å²) in [6.07, 6.45) is 1.11. The third-order valence-electron chi connectivity index (χ3n) is 2.95. The van der Waals surface area contributed by atoms with Crippen LogP contribution in [0, 0.1) is 5.82 Å². The second kappa shape index (κ2) is 5.32. The molecule has 0 aliphatic carbocycles. The number of carbonyl (C=O) groups excluding carboxylic acids is 1. The van der Waals surface area contributed by atoms with E-state index in [9.17, 15) is 9.18 Å². The van der Waals surface area contributed by atoms with E-state index in [0.29, 0.717) is 34.7 Å². The maximum absolute atomic E-state index is 13.1. The predicted octanol–water partition coefficient (Wildman–Crippen LogP) is 2.94. The van der Waals surface area contributed by atoms with E-state index in [4.69, 9.17) is 4.74 Å². The van der Waals surface area contributed by atoms with Gasteiger partial charge < -0.3 is 9.72 Å². The second-order valence-electron chi connectivity index (χ2n) is 4.41. The van der Waals surface area contributed by atoms with Crippen LogP contribution in [0.2, 0.25) is 0 Å². The van der Waals surface area contributed by atoms with Crippen LogP contribution in [0.15, 0.2) is 36.5 Å². The molecule has 0 saturated carbocycles. The summed E-state index contributed by atoms with van der Waals surface area (Å²) in [7, 11) is 0. The van der Waals surface area contributed by atoms with E-state index >= 15 is 0 Å². The van der Waals surface area contributed by atoms with Crippen molar-refractivity contribution in [2.75, 3.05) is 6.61 Å². The molecule has 0 aliphatic heterocycles. The lowest BCUT2D eigenvalue weighted by Crippen LogP contribution is -2.04. The maximum atomic E-state index is 13.1. The van der Waals surface area contributed by atoms with Crippen LogP contribution in [-0.2, 0) is 4.74 Å². The molecule has 0 amide bonds. The molecule has 0 aliphatic rings. The number of rotatable bonds is 3. The number of aromatic amines is 1. The number of ether oxygens (including phenoxy) is 1. The molecule has 1 N–H and O–H groups in total. The topological polar surface area (TPSA) is 67.9 Å². The van der Waals surface area contributed by atoms with E-state index in [2.05, 4.69) is 15.0 Å². The van der Waals surface area contributed by atoms with Gasteiger partial charge in [0.2, 0.25) is 0 Å². The Morgan fingerprint density at radius 1 is 1.38 bits per heavy atom. The van der Waals surface area contributed by atoms with Crippen LogP contribution >= 0.6 is 0 Å². The molecule has 0 spiro atoms. The maximum Gasteiger partial charge on any atom is 0.338 e. The van der Waals surface area contributed by atoms with Gasteiger partial charge in [-0.2, -0.15) is 0 Å². The Morgan fingerprint density at radius 3 is 3.05 bits per heavy atom. The number of pyridine rings is 1. The summed E-state index contributed by atoms with van der Waals surface area (Å²) in [6.45, 7) is 2.07. The van der Waals surface area contributed by atoms with Crippen molar-refractivity contribution in [3.8, 4) is 11.4 Å². The molecule has 0 saturated heterocycles. The van der Waals surface area contributed by atoms with E-state index in [1.165, 1.54) is 6.07 Å². The summed E-state index contributed by atoms with van der Waals surface area (Å²) in [5, 5.41) is 0. The van der Waals surface area contributed by atoms with E-state index < -0.39 is 5.82 Å². The highest BCUT2D eigenvalue weighted by atomic mass is 19.1. The molecule has 2 aromatic heterocycles. The number of halogens is 1. The van der Waals surface area contributed by atoms with Crippen LogP contribution in [0.5, 0.6) is 0 Å². The number of H-pyrrole nitrogens is 1. The molecule has 21 heavy (non-hydrogen) atoms. The molecule has 3 aromatic rings. The molecular weight excluding hydrogens is 273 g/mol. The summed E-state index contributed by atoms with van der Waals surface area (Å²) < 4.78 is 18.1. The van der Waals surface area contributed by atoms with Gasteiger partial charge in [-0.05, 0) is 19.1 Å². The first-order valence-electron chi connectivity index (χ1n) is 6.46. The molecule has 1 aromatic carbocycles. The highest BCUT2D eigenvalue weighted by Gasteiger charge is 2.11. The minimum absolute atomic E-state index is 0.316. The van der Waals surface area contributed by atoms with E-state index in [0.717, 1.165) is 6.20 Å². The molecule has 106 valence electrons. The largest absolute Gasteiger partial charge is 0.462 e. The molecule has 5 nitrogen and oxygen atoms in total. The number of fused-ring (bicyclic) bond motifs is 1. The van der Waals surface area contributed by atoms with E-state index in [1.54, 1.807) is 31.2 Å². The number of aromatic nitrogens is 3. The molecular formula is C15H12FN3O2.